The molecule has 0 aliphatic carbocycles. The summed E-state index contributed by atoms with van der Waals surface area (Å²) in [6.07, 6.45) is 1.00. The summed E-state index contributed by atoms with van der Waals surface area (Å²) >= 11 is 1.21. The first-order valence-electron chi connectivity index (χ1n) is 6.85. The van der Waals surface area contributed by atoms with Crippen molar-refractivity contribution in [3.63, 3.8) is 0 Å². The van der Waals surface area contributed by atoms with Gasteiger partial charge >= 0.3 is 0 Å². The minimum absolute atomic E-state index is 0.119. The Morgan fingerprint density at radius 2 is 2.14 bits per heavy atom. The number of nitrogens with zero attached hydrogens (tertiary/aromatic N) is 2. The maximum atomic E-state index is 12.3. The Morgan fingerprint density at radius 1 is 1.45 bits per heavy atom. The van der Waals surface area contributed by atoms with Crippen LogP contribution in [0.25, 0.3) is 10.2 Å². The zero-order valence-electron chi connectivity index (χ0n) is 13.0. The fraction of sp³-hybridized carbons (Fsp3) is 0.500. The fourth-order valence-corrected chi connectivity index (χ4v) is 3.18. The van der Waals surface area contributed by atoms with Gasteiger partial charge < -0.3 is 14.8 Å². The molecule has 0 fully saturated rings. The van der Waals surface area contributed by atoms with Crippen molar-refractivity contribution in [1.82, 2.24) is 14.9 Å². The largest absolute Gasteiger partial charge is 0.354 e. The van der Waals surface area contributed by atoms with Gasteiger partial charge in [-0.15, -0.1) is 11.3 Å². The van der Waals surface area contributed by atoms with E-state index in [1.807, 2.05) is 6.92 Å². The number of amides is 1. The van der Waals surface area contributed by atoms with Crippen LogP contribution in [-0.4, -0.2) is 42.5 Å². The van der Waals surface area contributed by atoms with Crippen molar-refractivity contribution in [3.05, 3.63) is 27.1 Å². The van der Waals surface area contributed by atoms with E-state index in [0.717, 1.165) is 0 Å². The Morgan fingerprint density at radius 3 is 2.73 bits per heavy atom. The summed E-state index contributed by atoms with van der Waals surface area (Å²) in [5.74, 6) is -0.262. The van der Waals surface area contributed by atoms with E-state index in [0.29, 0.717) is 27.2 Å². The molecule has 0 aliphatic heterocycles. The number of fused-ring (bicyclic) bond motifs is 1. The second-order valence-electron chi connectivity index (χ2n) is 4.68. The number of nitrogens with one attached hydrogen (secondary N) is 1. The molecule has 0 saturated carbocycles. The SMILES string of the molecule is CCn1cnc2sc(C(=O)NCC(OC)OC)c(C)c2c1=O. The maximum Gasteiger partial charge on any atom is 0.262 e. The van der Waals surface area contributed by atoms with Gasteiger partial charge in [0.2, 0.25) is 0 Å². The molecule has 7 nitrogen and oxygen atoms in total. The van der Waals surface area contributed by atoms with Crippen LogP contribution in [0.4, 0.5) is 0 Å². The summed E-state index contributed by atoms with van der Waals surface area (Å²) < 4.78 is 11.6. The number of aryl methyl sites for hydroxylation is 2. The summed E-state index contributed by atoms with van der Waals surface area (Å²) in [5.41, 5.74) is 0.538. The molecule has 0 spiro atoms. The highest BCUT2D eigenvalue weighted by atomic mass is 32.1. The van der Waals surface area contributed by atoms with E-state index >= 15 is 0 Å². The number of carbonyl (C=O) groups excluding carboxylic acids is 1. The molecule has 22 heavy (non-hydrogen) atoms. The molecule has 0 saturated heterocycles. The zero-order chi connectivity index (χ0) is 16.3. The van der Waals surface area contributed by atoms with Crippen LogP contribution < -0.4 is 10.9 Å². The molecule has 2 heterocycles. The van der Waals surface area contributed by atoms with Crippen LogP contribution >= 0.6 is 11.3 Å². The van der Waals surface area contributed by atoms with Crippen molar-refractivity contribution in [1.29, 1.82) is 0 Å². The van der Waals surface area contributed by atoms with E-state index in [2.05, 4.69) is 10.3 Å². The van der Waals surface area contributed by atoms with Crippen LogP contribution in [-0.2, 0) is 16.0 Å². The first-order valence-corrected chi connectivity index (χ1v) is 7.67. The van der Waals surface area contributed by atoms with Gasteiger partial charge in [0, 0.05) is 20.8 Å². The molecule has 0 aliphatic rings. The van der Waals surface area contributed by atoms with Crippen LogP contribution in [0.5, 0.6) is 0 Å². The number of ether oxygens (including phenoxy) is 2. The van der Waals surface area contributed by atoms with Gasteiger partial charge in [-0.25, -0.2) is 4.98 Å². The molecule has 2 aromatic rings. The van der Waals surface area contributed by atoms with Gasteiger partial charge in [-0.3, -0.25) is 14.2 Å². The van der Waals surface area contributed by atoms with Gasteiger partial charge in [0.1, 0.15) is 4.83 Å². The third-order valence-electron chi connectivity index (χ3n) is 3.42. The maximum absolute atomic E-state index is 12.3. The lowest BCUT2D eigenvalue weighted by Crippen LogP contribution is -2.34. The lowest BCUT2D eigenvalue weighted by Gasteiger charge is -2.13. The van der Waals surface area contributed by atoms with Crippen LogP contribution in [0.3, 0.4) is 0 Å². The lowest BCUT2D eigenvalue weighted by molar-refractivity contribution is -0.0974. The number of aromatic nitrogens is 2. The van der Waals surface area contributed by atoms with Gasteiger partial charge in [0.15, 0.2) is 6.29 Å². The predicted molar refractivity (Wildman–Crippen MR) is 84.4 cm³/mol. The molecule has 2 rings (SSSR count). The number of carbonyl (C=O) groups is 1. The van der Waals surface area contributed by atoms with E-state index < -0.39 is 6.29 Å². The molecule has 0 unspecified atom stereocenters. The molecule has 8 heteroatoms. The minimum Gasteiger partial charge on any atom is -0.354 e. The Bertz CT molecular complexity index is 733. The zero-order valence-corrected chi connectivity index (χ0v) is 13.8. The van der Waals surface area contributed by atoms with Gasteiger partial charge in [-0.1, -0.05) is 0 Å². The minimum atomic E-state index is -0.505. The smallest absolute Gasteiger partial charge is 0.262 e. The van der Waals surface area contributed by atoms with E-state index in [9.17, 15) is 9.59 Å². The van der Waals surface area contributed by atoms with Gasteiger partial charge in [0.25, 0.3) is 11.5 Å². The van der Waals surface area contributed by atoms with Crippen molar-refractivity contribution < 1.29 is 14.3 Å². The number of thiophene rings is 1. The van der Waals surface area contributed by atoms with Crippen molar-refractivity contribution in [2.45, 2.75) is 26.7 Å². The highest BCUT2D eigenvalue weighted by molar-refractivity contribution is 7.20. The van der Waals surface area contributed by atoms with Crippen LogP contribution in [0.1, 0.15) is 22.2 Å². The molecule has 0 atom stereocenters. The van der Waals surface area contributed by atoms with Crippen LogP contribution in [0.2, 0.25) is 0 Å². The van der Waals surface area contributed by atoms with E-state index in [4.69, 9.17) is 9.47 Å². The van der Waals surface area contributed by atoms with E-state index in [-0.39, 0.29) is 18.0 Å². The first-order chi connectivity index (χ1) is 10.5. The highest BCUT2D eigenvalue weighted by Crippen LogP contribution is 2.26. The van der Waals surface area contributed by atoms with Crippen molar-refractivity contribution in [2.75, 3.05) is 20.8 Å². The van der Waals surface area contributed by atoms with E-state index in [1.165, 1.54) is 36.5 Å². The topological polar surface area (TPSA) is 82.5 Å². The standard InChI is InChI=1S/C14H19N3O4S/c1-5-17-7-16-13-10(14(17)19)8(2)11(22-13)12(18)15-6-9(20-3)21-4/h7,9H,5-6H2,1-4H3,(H,15,18). The Balaban J connectivity index is 2.32. The predicted octanol–water partition coefficient (Wildman–Crippen LogP) is 1.14. The number of methoxy groups -OCH3 is 2. The Hall–Kier alpha value is -1.77. The second-order valence-corrected chi connectivity index (χ2v) is 5.68. The quantitative estimate of drug-likeness (QED) is 0.805. The summed E-state index contributed by atoms with van der Waals surface area (Å²) in [6, 6.07) is 0. The molecule has 0 radical (unpaired) electrons. The van der Waals surface area contributed by atoms with Gasteiger partial charge in [-0.2, -0.15) is 0 Å². The van der Waals surface area contributed by atoms with Crippen molar-refractivity contribution in [2.24, 2.45) is 0 Å². The average Bonchev–Trinajstić information content (AvgIpc) is 2.86. The van der Waals surface area contributed by atoms with Crippen molar-refractivity contribution >= 4 is 27.5 Å². The van der Waals surface area contributed by atoms with Crippen LogP contribution in [0, 0.1) is 6.92 Å². The number of hydrogen-bond donors (Lipinski definition) is 1. The molecule has 1 amide bonds. The second kappa shape index (κ2) is 6.99. The lowest BCUT2D eigenvalue weighted by atomic mass is 10.2. The molecule has 120 valence electrons. The molecule has 0 aromatic carbocycles. The normalized spacial score (nSPS) is 11.3. The molecule has 2 aromatic heterocycles. The summed E-state index contributed by atoms with van der Waals surface area (Å²) in [4.78, 5) is 29.9. The van der Waals surface area contributed by atoms with E-state index in [1.54, 1.807) is 6.92 Å². The highest BCUT2D eigenvalue weighted by Gasteiger charge is 2.19. The summed E-state index contributed by atoms with van der Waals surface area (Å²) in [7, 11) is 3.00. The summed E-state index contributed by atoms with van der Waals surface area (Å²) in [6.45, 7) is 4.41. The van der Waals surface area contributed by atoms with Gasteiger partial charge in [0.05, 0.1) is 23.1 Å². The monoisotopic (exact) mass is 325 g/mol. The molecular weight excluding hydrogens is 306 g/mol. The fourth-order valence-electron chi connectivity index (χ4n) is 2.12. The van der Waals surface area contributed by atoms with Gasteiger partial charge in [-0.05, 0) is 19.4 Å². The Kier molecular flexibility index (Phi) is 5.28. The van der Waals surface area contributed by atoms with Crippen molar-refractivity contribution in [3.8, 4) is 0 Å². The average molecular weight is 325 g/mol. The summed E-state index contributed by atoms with van der Waals surface area (Å²) in [5, 5.41) is 3.24. The molecule has 0 bridgehead atoms. The third kappa shape index (κ3) is 3.03. The molecular formula is C14H19N3O4S. The Labute approximate surface area is 131 Å². The molecule has 1 N–H and O–H groups in total. The number of hydrogen-bond acceptors (Lipinski definition) is 6. The third-order valence-corrected chi connectivity index (χ3v) is 4.62. The number of rotatable bonds is 6. The first kappa shape index (κ1) is 16.6. The van der Waals surface area contributed by atoms with Crippen LogP contribution in [0.15, 0.2) is 11.1 Å².